The Morgan fingerprint density at radius 2 is 2.21 bits per heavy atom. The van der Waals surface area contributed by atoms with Crippen LogP contribution in [0.5, 0.6) is 0 Å². The molecule has 1 amide bonds. The van der Waals surface area contributed by atoms with Crippen molar-refractivity contribution in [2.24, 2.45) is 5.92 Å². The topological polar surface area (TPSA) is 91.5 Å². The van der Waals surface area contributed by atoms with Gasteiger partial charge in [0.25, 0.3) is 5.91 Å². The van der Waals surface area contributed by atoms with Gasteiger partial charge in [0.15, 0.2) is 5.60 Å². The number of nitrogens with zero attached hydrogens (tertiary/aromatic N) is 4. The van der Waals surface area contributed by atoms with E-state index in [0.717, 1.165) is 5.69 Å². The van der Waals surface area contributed by atoms with Gasteiger partial charge in [0.05, 0.1) is 11.4 Å². The van der Waals surface area contributed by atoms with Crippen molar-refractivity contribution in [3.8, 4) is 0 Å². The quantitative estimate of drug-likeness (QED) is 0.613. The van der Waals surface area contributed by atoms with Crippen molar-refractivity contribution in [1.29, 1.82) is 0 Å². The highest BCUT2D eigenvalue weighted by Gasteiger charge is 2.52. The fourth-order valence-corrected chi connectivity index (χ4v) is 3.73. The highest BCUT2D eigenvalue weighted by atomic mass is 35.5. The van der Waals surface area contributed by atoms with E-state index in [0.29, 0.717) is 42.2 Å². The number of carbonyl (C=O) groups is 1. The fourth-order valence-electron chi connectivity index (χ4n) is 3.55. The van der Waals surface area contributed by atoms with Gasteiger partial charge in [-0.1, -0.05) is 42.0 Å². The van der Waals surface area contributed by atoms with E-state index < -0.39 is 11.5 Å². The fraction of sp³-hybridized carbons (Fsp3) is 0.381. The molecule has 29 heavy (non-hydrogen) atoms. The standard InChI is InChI=1S/C21H25ClN4O3/c1-3-10-26-19-8-7-16(22)13-18(19)21(29,20(26)28)15(2)6-4-5-11-25-14-17(9-12-27)23-24-25/h3-4,6-8,13-15,27,29H,1,5,9-12H2,2H3/b6-4+/t15-,21+/m0/s1. The molecule has 7 nitrogen and oxygen atoms in total. The summed E-state index contributed by atoms with van der Waals surface area (Å²) in [7, 11) is 0. The minimum absolute atomic E-state index is 0.0388. The molecule has 2 N–H and O–H groups in total. The molecule has 0 aliphatic carbocycles. The van der Waals surface area contributed by atoms with Crippen molar-refractivity contribution in [2.75, 3.05) is 18.1 Å². The Labute approximate surface area is 174 Å². The van der Waals surface area contributed by atoms with Crippen LogP contribution in [0.25, 0.3) is 0 Å². The number of aromatic nitrogens is 3. The molecular weight excluding hydrogens is 392 g/mol. The number of amides is 1. The molecule has 0 spiro atoms. The summed E-state index contributed by atoms with van der Waals surface area (Å²) in [5.41, 5.74) is 0.230. The van der Waals surface area contributed by atoms with Crippen LogP contribution in [0, 0.1) is 5.92 Å². The molecule has 154 valence electrons. The van der Waals surface area contributed by atoms with Gasteiger partial charge in [-0.25, -0.2) is 0 Å². The zero-order valence-electron chi connectivity index (χ0n) is 16.3. The Morgan fingerprint density at radius 1 is 1.41 bits per heavy atom. The largest absolute Gasteiger partial charge is 0.396 e. The van der Waals surface area contributed by atoms with Crippen LogP contribution in [-0.2, 0) is 23.4 Å². The first-order valence-corrected chi connectivity index (χ1v) is 9.91. The van der Waals surface area contributed by atoms with Gasteiger partial charge in [0.2, 0.25) is 0 Å². The molecule has 8 heteroatoms. The number of fused-ring (bicyclic) bond motifs is 1. The Hall–Kier alpha value is -2.48. The second kappa shape index (κ2) is 8.90. The predicted octanol–water partition coefficient (Wildman–Crippen LogP) is 2.47. The van der Waals surface area contributed by atoms with E-state index in [-0.39, 0.29) is 12.5 Å². The van der Waals surface area contributed by atoms with Crippen molar-refractivity contribution in [3.05, 3.63) is 65.5 Å². The number of benzene rings is 1. The van der Waals surface area contributed by atoms with Gasteiger partial charge in [-0.15, -0.1) is 11.7 Å². The molecule has 0 fully saturated rings. The minimum atomic E-state index is -1.68. The highest BCUT2D eigenvalue weighted by molar-refractivity contribution is 6.31. The maximum Gasteiger partial charge on any atom is 0.264 e. The average molecular weight is 417 g/mol. The van der Waals surface area contributed by atoms with Crippen molar-refractivity contribution >= 4 is 23.2 Å². The van der Waals surface area contributed by atoms with Crippen LogP contribution in [0.4, 0.5) is 5.69 Å². The number of anilines is 1. The van der Waals surface area contributed by atoms with E-state index in [9.17, 15) is 9.90 Å². The molecule has 3 rings (SSSR count). The lowest BCUT2D eigenvalue weighted by molar-refractivity contribution is -0.139. The number of aliphatic hydroxyl groups is 2. The summed E-state index contributed by atoms with van der Waals surface area (Å²) in [5.74, 6) is -0.834. The molecule has 1 aromatic heterocycles. The third-order valence-corrected chi connectivity index (χ3v) is 5.34. The molecular formula is C21H25ClN4O3. The van der Waals surface area contributed by atoms with Crippen molar-refractivity contribution in [3.63, 3.8) is 0 Å². The van der Waals surface area contributed by atoms with Crippen molar-refractivity contribution in [2.45, 2.75) is 31.9 Å². The molecule has 0 saturated heterocycles. The lowest BCUT2D eigenvalue weighted by Crippen LogP contribution is -2.44. The molecule has 0 saturated carbocycles. The predicted molar refractivity (Wildman–Crippen MR) is 112 cm³/mol. The number of aliphatic hydroxyl groups excluding tert-OH is 1. The number of aryl methyl sites for hydroxylation is 1. The summed E-state index contributed by atoms with van der Waals surface area (Å²) >= 11 is 6.14. The first-order chi connectivity index (χ1) is 13.9. The van der Waals surface area contributed by atoms with Crippen LogP contribution < -0.4 is 4.90 Å². The Kier molecular flexibility index (Phi) is 6.52. The van der Waals surface area contributed by atoms with Gasteiger partial charge < -0.3 is 15.1 Å². The molecule has 1 aromatic carbocycles. The normalized spacial score (nSPS) is 19.7. The summed E-state index contributed by atoms with van der Waals surface area (Å²) in [6.45, 7) is 6.48. The summed E-state index contributed by atoms with van der Waals surface area (Å²) in [6.07, 6.45) is 8.33. The molecule has 0 bridgehead atoms. The van der Waals surface area contributed by atoms with Crippen LogP contribution >= 0.6 is 11.6 Å². The van der Waals surface area contributed by atoms with E-state index >= 15 is 0 Å². The van der Waals surface area contributed by atoms with E-state index in [4.69, 9.17) is 16.7 Å². The lowest BCUT2D eigenvalue weighted by atomic mass is 9.83. The second-order valence-electron chi connectivity index (χ2n) is 7.08. The molecule has 2 aromatic rings. The van der Waals surface area contributed by atoms with E-state index in [1.807, 2.05) is 19.1 Å². The Morgan fingerprint density at radius 3 is 2.93 bits per heavy atom. The SMILES string of the molecule is C=CCN1C(=O)[C@@](O)([C@@H](C)/C=C/CCn2cc(CCO)nn2)c2cc(Cl)ccc21. The molecule has 0 radical (unpaired) electrons. The summed E-state index contributed by atoms with van der Waals surface area (Å²) in [6, 6.07) is 5.11. The number of hydrogen-bond donors (Lipinski definition) is 2. The van der Waals surface area contributed by atoms with Gasteiger partial charge in [-0.3, -0.25) is 9.48 Å². The molecule has 1 aliphatic rings. The maximum atomic E-state index is 13.1. The number of carbonyl (C=O) groups excluding carboxylic acids is 1. The van der Waals surface area contributed by atoms with Crippen LogP contribution in [0.3, 0.4) is 0 Å². The molecule has 2 atom stereocenters. The van der Waals surface area contributed by atoms with Gasteiger partial charge >= 0.3 is 0 Å². The highest BCUT2D eigenvalue weighted by Crippen LogP contribution is 2.46. The van der Waals surface area contributed by atoms with Crippen LogP contribution in [-0.4, -0.2) is 44.3 Å². The Balaban J connectivity index is 1.74. The second-order valence-corrected chi connectivity index (χ2v) is 7.52. The van der Waals surface area contributed by atoms with Crippen LogP contribution in [0.15, 0.2) is 49.2 Å². The van der Waals surface area contributed by atoms with Gasteiger partial charge in [0.1, 0.15) is 0 Å². The van der Waals surface area contributed by atoms with Gasteiger partial charge in [0, 0.05) is 48.8 Å². The first kappa shape index (κ1) is 21.2. The summed E-state index contributed by atoms with van der Waals surface area (Å²) in [4.78, 5) is 14.6. The van der Waals surface area contributed by atoms with Gasteiger partial charge in [-0.05, 0) is 24.6 Å². The smallest absolute Gasteiger partial charge is 0.264 e. The van der Waals surface area contributed by atoms with Crippen molar-refractivity contribution < 1.29 is 15.0 Å². The number of halogens is 1. The zero-order chi connectivity index (χ0) is 21.0. The summed E-state index contributed by atoms with van der Waals surface area (Å²) < 4.78 is 1.70. The zero-order valence-corrected chi connectivity index (χ0v) is 17.1. The molecule has 0 unspecified atom stereocenters. The maximum absolute atomic E-state index is 13.1. The minimum Gasteiger partial charge on any atom is -0.396 e. The monoisotopic (exact) mass is 416 g/mol. The van der Waals surface area contributed by atoms with Crippen molar-refractivity contribution in [1.82, 2.24) is 15.0 Å². The van der Waals surface area contributed by atoms with Crippen LogP contribution in [0.1, 0.15) is 24.6 Å². The van der Waals surface area contributed by atoms with Crippen LogP contribution in [0.2, 0.25) is 5.02 Å². The van der Waals surface area contributed by atoms with E-state index in [2.05, 4.69) is 16.9 Å². The summed E-state index contributed by atoms with van der Waals surface area (Å²) in [5, 5.41) is 28.8. The number of allylic oxidation sites excluding steroid dienone is 1. The van der Waals surface area contributed by atoms with Gasteiger partial charge in [-0.2, -0.15) is 0 Å². The third kappa shape index (κ3) is 4.12. The number of hydrogen-bond acceptors (Lipinski definition) is 5. The Bertz CT molecular complexity index is 926. The van der Waals surface area contributed by atoms with E-state index in [1.165, 1.54) is 4.90 Å². The average Bonchev–Trinajstić information content (AvgIpc) is 3.23. The van der Waals surface area contributed by atoms with E-state index in [1.54, 1.807) is 35.2 Å². The molecule has 1 aliphatic heterocycles. The molecule has 2 heterocycles. The lowest BCUT2D eigenvalue weighted by Gasteiger charge is -2.27. The first-order valence-electron chi connectivity index (χ1n) is 9.53. The number of rotatable bonds is 9. The third-order valence-electron chi connectivity index (χ3n) is 5.11.